The molecule has 1 aliphatic carbocycles. The number of carbonyl (C=O) groups excluding carboxylic acids is 2. The maximum Gasteiger partial charge on any atom is 0.280 e. The number of amides is 1. The summed E-state index contributed by atoms with van der Waals surface area (Å²) in [5.41, 5.74) is 0.458. The van der Waals surface area contributed by atoms with Crippen molar-refractivity contribution in [2.45, 2.75) is 26.2 Å². The van der Waals surface area contributed by atoms with Crippen molar-refractivity contribution in [3.63, 3.8) is 0 Å². The Morgan fingerprint density at radius 3 is 2.55 bits per heavy atom. The number of nitrogens with two attached hydrogens (primary N) is 1. The Morgan fingerprint density at radius 2 is 2.05 bits per heavy atom. The van der Waals surface area contributed by atoms with E-state index in [0.717, 1.165) is 11.9 Å². The van der Waals surface area contributed by atoms with Gasteiger partial charge in [-0.25, -0.2) is 8.78 Å². The normalized spacial score (nSPS) is 14.9. The van der Waals surface area contributed by atoms with Gasteiger partial charge in [0.25, 0.3) is 6.43 Å². The second-order valence-corrected chi connectivity index (χ2v) is 9.55. The Kier molecular flexibility index (Phi) is 10.9. The van der Waals surface area contributed by atoms with E-state index in [1.54, 1.807) is 25.2 Å². The molecular weight excluding hydrogens is 516 g/mol. The van der Waals surface area contributed by atoms with Crippen LogP contribution >= 0.6 is 11.9 Å². The van der Waals surface area contributed by atoms with E-state index in [-0.39, 0.29) is 29.8 Å². The van der Waals surface area contributed by atoms with E-state index >= 15 is 0 Å². The van der Waals surface area contributed by atoms with Gasteiger partial charge in [0.15, 0.2) is 11.3 Å². The second kappa shape index (κ2) is 13.4. The molecule has 4 rings (SSSR count). The number of methoxy groups -OCH3 is 1. The fourth-order valence-electron chi connectivity index (χ4n) is 3.52. The van der Waals surface area contributed by atoms with Crippen molar-refractivity contribution in [1.82, 2.24) is 11.1 Å². The van der Waals surface area contributed by atoms with E-state index in [1.807, 2.05) is 6.92 Å². The molecule has 38 heavy (non-hydrogen) atoms. The molecule has 1 amide bonds. The number of rotatable bonds is 6. The number of aromatic nitrogens is 1. The van der Waals surface area contributed by atoms with Gasteiger partial charge in [-0.15, -0.1) is 0 Å². The fourth-order valence-corrected chi connectivity index (χ4v) is 3.64. The minimum Gasteiger partial charge on any atom is -0.494 e. The van der Waals surface area contributed by atoms with Crippen molar-refractivity contribution >= 4 is 34.9 Å². The molecule has 9 nitrogen and oxygen atoms in total. The van der Waals surface area contributed by atoms with Gasteiger partial charge < -0.3 is 20.5 Å². The number of hydrogen-bond acceptors (Lipinski definition) is 9. The van der Waals surface area contributed by atoms with Crippen LogP contribution in [-0.4, -0.2) is 49.6 Å². The molecule has 1 aromatic heterocycles. The highest BCUT2D eigenvalue weighted by atomic mass is 32.2. The number of carbonyl (C=O) groups is 2. The molecule has 0 unspecified atom stereocenters. The van der Waals surface area contributed by atoms with Crippen LogP contribution < -0.4 is 20.9 Å². The first-order valence-electron chi connectivity index (χ1n) is 11.4. The highest BCUT2D eigenvalue weighted by Crippen LogP contribution is 2.37. The third-order valence-electron chi connectivity index (χ3n) is 5.92. The molecule has 206 valence electrons. The molecule has 2 fully saturated rings. The van der Waals surface area contributed by atoms with Crippen LogP contribution in [-0.2, 0) is 9.53 Å². The maximum atomic E-state index is 13.1. The van der Waals surface area contributed by atoms with Gasteiger partial charge in [-0.2, -0.15) is 0 Å². The topological polar surface area (TPSA) is 154 Å². The molecule has 0 bridgehead atoms. The average Bonchev–Trinajstić information content (AvgIpc) is 3.73. The van der Waals surface area contributed by atoms with E-state index in [1.165, 1.54) is 37.1 Å². The molecule has 0 spiro atoms. The Labute approximate surface area is 226 Å². The predicted octanol–water partition coefficient (Wildman–Crippen LogP) is 4.90. The average molecular weight is 550 g/mol. The standard InChI is InChI=1S/C20H20F2N2O4.C6H8N2S.H3N.H2/c1-20(10-28-11-20)19(26)24(2)13-5-4-12(9-25)14(6-13)15-7-16(18(21)22)23-8-17(15)27-3;7-6(9-8)4-3-5-1-2-5;;/h4-9,18H,10-11H2,1-3H3;5,7H,1-2,8H2;1H3;1H. The van der Waals surface area contributed by atoms with Crippen LogP contribution in [0.1, 0.15) is 43.7 Å². The molecule has 2 aromatic rings. The number of hydrogen-bond donors (Lipinski definition) is 3. The second-order valence-electron chi connectivity index (χ2n) is 8.91. The van der Waals surface area contributed by atoms with Gasteiger partial charge in [-0.05, 0) is 67.5 Å². The van der Waals surface area contributed by atoms with Crippen molar-refractivity contribution in [3.05, 3.63) is 41.7 Å². The van der Waals surface area contributed by atoms with Crippen molar-refractivity contribution in [1.29, 1.82) is 5.41 Å². The zero-order valence-electron chi connectivity index (χ0n) is 21.4. The van der Waals surface area contributed by atoms with Gasteiger partial charge >= 0.3 is 0 Å². The van der Waals surface area contributed by atoms with Gasteiger partial charge in [0.1, 0.15) is 11.4 Å². The van der Waals surface area contributed by atoms with Crippen LogP contribution in [0.15, 0.2) is 30.5 Å². The Morgan fingerprint density at radius 1 is 1.37 bits per heavy atom. The van der Waals surface area contributed by atoms with Crippen LogP contribution in [0.4, 0.5) is 14.5 Å². The number of nitrogens with zero attached hydrogens (tertiary/aromatic N) is 2. The Hall–Kier alpha value is -3.37. The highest BCUT2D eigenvalue weighted by molar-refractivity contribution is 8.12. The quantitative estimate of drug-likeness (QED) is 0.151. The number of nitrogens with one attached hydrogen (secondary N) is 1. The van der Waals surface area contributed by atoms with Gasteiger partial charge in [0.05, 0.1) is 31.9 Å². The molecule has 0 radical (unpaired) electrons. The first kappa shape index (κ1) is 30.9. The van der Waals surface area contributed by atoms with Crippen molar-refractivity contribution in [3.8, 4) is 28.7 Å². The third-order valence-corrected chi connectivity index (χ3v) is 6.26. The Bertz CT molecular complexity index is 1250. The monoisotopic (exact) mass is 549 g/mol. The zero-order chi connectivity index (χ0) is 27.2. The van der Waals surface area contributed by atoms with E-state index in [2.05, 4.69) is 16.8 Å². The van der Waals surface area contributed by atoms with E-state index in [4.69, 9.17) is 20.0 Å². The van der Waals surface area contributed by atoms with Gasteiger partial charge in [-0.3, -0.25) is 25.1 Å². The van der Waals surface area contributed by atoms with Crippen LogP contribution in [0.2, 0.25) is 0 Å². The number of pyridine rings is 1. The minimum absolute atomic E-state index is 0. The third kappa shape index (κ3) is 7.35. The summed E-state index contributed by atoms with van der Waals surface area (Å²) in [6, 6.07) is 5.98. The number of halogens is 2. The number of anilines is 1. The lowest BCUT2D eigenvalue weighted by molar-refractivity contribution is -0.154. The summed E-state index contributed by atoms with van der Waals surface area (Å²) in [5, 5.41) is 12.4. The lowest BCUT2D eigenvalue weighted by atomic mass is 9.87. The molecular formula is C26H33F2N5O4S. The van der Waals surface area contributed by atoms with Crippen LogP contribution in [0.25, 0.3) is 11.1 Å². The molecule has 12 heteroatoms. The van der Waals surface area contributed by atoms with E-state index < -0.39 is 17.5 Å². The summed E-state index contributed by atoms with van der Waals surface area (Å²) in [5.74, 6) is 6.29. The number of ether oxygens (including phenoxy) is 2. The lowest BCUT2D eigenvalue weighted by Gasteiger charge is -2.39. The number of aldehydes is 1. The molecule has 2 heterocycles. The summed E-state index contributed by atoms with van der Waals surface area (Å²) in [6.07, 6.45) is 1.46. The van der Waals surface area contributed by atoms with Crippen LogP contribution in [0.3, 0.4) is 0 Å². The van der Waals surface area contributed by atoms with Crippen molar-refractivity contribution in [2.75, 3.05) is 32.3 Å². The Balaban J connectivity index is 0.000000590. The molecule has 1 aliphatic heterocycles. The van der Waals surface area contributed by atoms with Crippen molar-refractivity contribution < 1.29 is 29.3 Å². The van der Waals surface area contributed by atoms with Crippen molar-refractivity contribution in [2.24, 2.45) is 16.5 Å². The summed E-state index contributed by atoms with van der Waals surface area (Å²) in [4.78, 5) is 29.5. The number of alkyl halides is 2. The van der Waals surface area contributed by atoms with E-state index in [9.17, 15) is 18.4 Å². The van der Waals surface area contributed by atoms with Crippen LogP contribution in [0, 0.1) is 28.6 Å². The molecule has 1 saturated carbocycles. The summed E-state index contributed by atoms with van der Waals surface area (Å²) >= 11 is 0.904. The first-order valence-corrected chi connectivity index (χ1v) is 12.3. The van der Waals surface area contributed by atoms with E-state index in [0.29, 0.717) is 42.2 Å². The van der Waals surface area contributed by atoms with Crippen LogP contribution in [0.5, 0.6) is 5.75 Å². The predicted molar refractivity (Wildman–Crippen MR) is 146 cm³/mol. The van der Waals surface area contributed by atoms with Gasteiger partial charge in [-0.1, -0.05) is 5.92 Å². The minimum atomic E-state index is -2.77. The molecule has 1 saturated heterocycles. The summed E-state index contributed by atoms with van der Waals surface area (Å²) < 4.78 is 36.7. The highest BCUT2D eigenvalue weighted by Gasteiger charge is 2.43. The zero-order valence-corrected chi connectivity index (χ0v) is 22.2. The first-order chi connectivity index (χ1) is 17.6. The summed E-state index contributed by atoms with van der Waals surface area (Å²) in [7, 11) is 3.01. The maximum absolute atomic E-state index is 13.1. The number of benzene rings is 1. The smallest absolute Gasteiger partial charge is 0.280 e. The molecule has 1 aromatic carbocycles. The lowest BCUT2D eigenvalue weighted by Crippen LogP contribution is -2.52. The molecule has 6 N–H and O–H groups in total. The van der Waals surface area contributed by atoms with Gasteiger partial charge in [0.2, 0.25) is 5.91 Å². The van der Waals surface area contributed by atoms with Gasteiger partial charge in [0, 0.05) is 31.2 Å². The molecule has 0 atom stereocenters. The SMILES string of the molecule is COc1cnc(C(F)F)cc1-c1cc(N(C)C(=O)C2(C)COC2)ccc1C=O.N.N=C(C#CC1CC1)SN.[HH]. The molecule has 2 aliphatic rings. The summed E-state index contributed by atoms with van der Waals surface area (Å²) in [6.45, 7) is 2.49. The largest absolute Gasteiger partial charge is 0.494 e. The fraction of sp³-hybridized carbons (Fsp3) is 0.385.